The average Bonchev–Trinajstić information content (AvgIpc) is 2.99. The molecule has 25 heavy (non-hydrogen) atoms. The lowest BCUT2D eigenvalue weighted by Gasteiger charge is -2.14. The third-order valence-electron chi connectivity index (χ3n) is 3.95. The van der Waals surface area contributed by atoms with E-state index in [9.17, 15) is 13.9 Å². The quantitative estimate of drug-likeness (QED) is 0.591. The number of hydrogen-bond acceptors (Lipinski definition) is 5. The molecule has 0 saturated heterocycles. The third-order valence-corrected chi connectivity index (χ3v) is 3.95. The van der Waals surface area contributed by atoms with Gasteiger partial charge in [0.1, 0.15) is 35.2 Å². The molecule has 126 valence electrons. The van der Waals surface area contributed by atoms with Crippen molar-refractivity contribution in [2.75, 3.05) is 11.9 Å². The Bertz CT molecular complexity index is 1040. The van der Waals surface area contributed by atoms with Gasteiger partial charge in [0.05, 0.1) is 5.56 Å². The maximum Gasteiger partial charge on any atom is 0.196 e. The van der Waals surface area contributed by atoms with E-state index in [-0.39, 0.29) is 12.1 Å². The number of rotatable bonds is 4. The van der Waals surface area contributed by atoms with Crippen molar-refractivity contribution in [3.63, 3.8) is 0 Å². The van der Waals surface area contributed by atoms with Gasteiger partial charge in [0.15, 0.2) is 11.4 Å². The molecule has 0 aliphatic heterocycles. The van der Waals surface area contributed by atoms with E-state index in [2.05, 4.69) is 15.3 Å². The lowest BCUT2D eigenvalue weighted by atomic mass is 10.1. The summed E-state index contributed by atoms with van der Waals surface area (Å²) in [6.45, 7) is -0.138. The highest BCUT2D eigenvalue weighted by atomic mass is 19.1. The molecule has 2 aromatic heterocycles. The second kappa shape index (κ2) is 6.10. The molecule has 1 unspecified atom stereocenters. The van der Waals surface area contributed by atoms with Gasteiger partial charge in [0.2, 0.25) is 0 Å². The number of fused-ring (bicyclic) bond motifs is 3. The molecule has 2 aromatic carbocycles. The zero-order valence-corrected chi connectivity index (χ0v) is 12.9. The molecule has 0 saturated carbocycles. The zero-order chi connectivity index (χ0) is 17.4. The minimum Gasteiger partial charge on any atom is -0.450 e. The molecule has 5 nitrogen and oxygen atoms in total. The average molecular weight is 341 g/mol. The molecule has 4 rings (SSSR count). The summed E-state index contributed by atoms with van der Waals surface area (Å²) in [5.41, 5.74) is 1.32. The minimum atomic E-state index is -1.38. The number of nitrogens with one attached hydrogen (secondary N) is 1. The number of nitrogens with zero attached hydrogens (tertiary/aromatic N) is 2. The van der Waals surface area contributed by atoms with Crippen LogP contribution in [-0.4, -0.2) is 21.6 Å². The van der Waals surface area contributed by atoms with Gasteiger partial charge in [-0.2, -0.15) is 0 Å². The van der Waals surface area contributed by atoms with Crippen LogP contribution in [0.4, 0.5) is 14.6 Å². The topological polar surface area (TPSA) is 71.2 Å². The van der Waals surface area contributed by atoms with E-state index < -0.39 is 17.7 Å². The molecule has 4 aromatic rings. The van der Waals surface area contributed by atoms with Crippen molar-refractivity contribution < 1.29 is 18.3 Å². The van der Waals surface area contributed by atoms with Crippen LogP contribution >= 0.6 is 0 Å². The number of halogens is 2. The van der Waals surface area contributed by atoms with Gasteiger partial charge in [-0.15, -0.1) is 0 Å². The van der Waals surface area contributed by atoms with Crippen molar-refractivity contribution in [1.82, 2.24) is 9.97 Å². The van der Waals surface area contributed by atoms with Crippen molar-refractivity contribution in [3.05, 3.63) is 66.0 Å². The normalized spacial score (nSPS) is 12.6. The fraction of sp³-hybridized carbons (Fsp3) is 0.111. The largest absolute Gasteiger partial charge is 0.450 e. The van der Waals surface area contributed by atoms with E-state index in [1.807, 2.05) is 24.3 Å². The molecule has 0 radical (unpaired) electrons. The van der Waals surface area contributed by atoms with E-state index >= 15 is 0 Å². The summed E-state index contributed by atoms with van der Waals surface area (Å²) in [7, 11) is 0. The molecule has 2 N–H and O–H groups in total. The summed E-state index contributed by atoms with van der Waals surface area (Å²) in [4.78, 5) is 8.31. The Kier molecular flexibility index (Phi) is 3.77. The van der Waals surface area contributed by atoms with Crippen LogP contribution in [-0.2, 0) is 0 Å². The molecule has 2 heterocycles. The van der Waals surface area contributed by atoms with Crippen molar-refractivity contribution in [1.29, 1.82) is 0 Å². The van der Waals surface area contributed by atoms with Crippen LogP contribution in [0.15, 0.2) is 53.2 Å². The van der Waals surface area contributed by atoms with Crippen LogP contribution < -0.4 is 5.32 Å². The molecule has 0 amide bonds. The van der Waals surface area contributed by atoms with Crippen molar-refractivity contribution in [2.45, 2.75) is 6.10 Å². The van der Waals surface area contributed by atoms with Crippen LogP contribution in [0.2, 0.25) is 0 Å². The van der Waals surface area contributed by atoms with Gasteiger partial charge < -0.3 is 14.8 Å². The maximum atomic E-state index is 13.7. The van der Waals surface area contributed by atoms with E-state index in [1.165, 1.54) is 12.4 Å². The highest BCUT2D eigenvalue weighted by Gasteiger charge is 2.19. The predicted molar refractivity (Wildman–Crippen MR) is 89.1 cm³/mol. The number of para-hydroxylation sites is 1. The summed E-state index contributed by atoms with van der Waals surface area (Å²) < 4.78 is 33.2. The van der Waals surface area contributed by atoms with Gasteiger partial charge in [-0.3, -0.25) is 0 Å². The van der Waals surface area contributed by atoms with Crippen LogP contribution in [0.1, 0.15) is 11.7 Å². The van der Waals surface area contributed by atoms with Crippen molar-refractivity contribution >= 4 is 27.9 Å². The molecule has 0 fully saturated rings. The monoisotopic (exact) mass is 341 g/mol. The fourth-order valence-electron chi connectivity index (χ4n) is 2.77. The molecular formula is C18H13F2N3O2. The van der Waals surface area contributed by atoms with Gasteiger partial charge in [-0.25, -0.2) is 18.7 Å². The first kappa shape index (κ1) is 15.5. The highest BCUT2D eigenvalue weighted by Crippen LogP contribution is 2.30. The number of aliphatic hydroxyl groups is 1. The smallest absolute Gasteiger partial charge is 0.196 e. The molecule has 0 aliphatic rings. The first-order valence-electron chi connectivity index (χ1n) is 7.63. The predicted octanol–water partition coefficient (Wildman–Crippen LogP) is 3.80. The van der Waals surface area contributed by atoms with Gasteiger partial charge in [0, 0.05) is 11.9 Å². The van der Waals surface area contributed by atoms with E-state index in [4.69, 9.17) is 4.42 Å². The number of aromatic nitrogens is 2. The summed E-state index contributed by atoms with van der Waals surface area (Å²) in [5.74, 6) is -1.26. The molecular weight excluding hydrogens is 328 g/mol. The number of hydrogen-bond donors (Lipinski definition) is 2. The lowest BCUT2D eigenvalue weighted by Crippen LogP contribution is -2.15. The van der Waals surface area contributed by atoms with Gasteiger partial charge in [-0.05, 0) is 24.3 Å². The zero-order valence-electron chi connectivity index (χ0n) is 12.9. The number of anilines is 1. The van der Waals surface area contributed by atoms with E-state index in [1.54, 1.807) is 0 Å². The second-order valence-corrected chi connectivity index (χ2v) is 5.53. The Morgan fingerprint density at radius 3 is 2.60 bits per heavy atom. The molecule has 0 spiro atoms. The standard InChI is InChI=1S/C18H13F2N3O2/c19-11-5-3-6-12(20)15(11)13(24)8-21-18-17-16(22-9-23-18)10-4-1-2-7-14(10)25-17/h1-7,9,13,24H,8H2,(H,21,22,23). The SMILES string of the molecule is OC(CNc1ncnc2c1oc1ccccc12)c1c(F)cccc1F. The highest BCUT2D eigenvalue weighted by molar-refractivity contribution is 6.05. The van der Waals surface area contributed by atoms with Gasteiger partial charge in [0.25, 0.3) is 0 Å². The van der Waals surface area contributed by atoms with Gasteiger partial charge in [-0.1, -0.05) is 18.2 Å². The summed E-state index contributed by atoms with van der Waals surface area (Å²) >= 11 is 0. The Morgan fingerprint density at radius 1 is 1.04 bits per heavy atom. The van der Waals surface area contributed by atoms with E-state index in [0.29, 0.717) is 22.5 Å². The minimum absolute atomic E-state index is 0.138. The molecule has 0 bridgehead atoms. The lowest BCUT2D eigenvalue weighted by molar-refractivity contribution is 0.181. The second-order valence-electron chi connectivity index (χ2n) is 5.53. The number of furan rings is 1. The Morgan fingerprint density at radius 2 is 1.80 bits per heavy atom. The number of benzene rings is 2. The first-order chi connectivity index (χ1) is 12.1. The summed E-state index contributed by atoms with van der Waals surface area (Å²) in [6, 6.07) is 10.9. The van der Waals surface area contributed by atoms with Crippen LogP contribution in [0.5, 0.6) is 0 Å². The van der Waals surface area contributed by atoms with Gasteiger partial charge >= 0.3 is 0 Å². The summed E-state index contributed by atoms with van der Waals surface area (Å²) in [6.07, 6.45) is -0.0153. The van der Waals surface area contributed by atoms with Crippen LogP contribution in [0.25, 0.3) is 22.1 Å². The Labute approximate surface area is 140 Å². The van der Waals surface area contributed by atoms with Crippen LogP contribution in [0.3, 0.4) is 0 Å². The molecule has 0 aliphatic carbocycles. The third kappa shape index (κ3) is 2.68. The summed E-state index contributed by atoms with van der Waals surface area (Å²) in [5, 5.41) is 13.8. The molecule has 7 heteroatoms. The van der Waals surface area contributed by atoms with Crippen molar-refractivity contribution in [3.8, 4) is 0 Å². The van der Waals surface area contributed by atoms with E-state index in [0.717, 1.165) is 17.5 Å². The molecule has 1 atom stereocenters. The van der Waals surface area contributed by atoms with Crippen LogP contribution in [0, 0.1) is 11.6 Å². The maximum absolute atomic E-state index is 13.7. The first-order valence-corrected chi connectivity index (χ1v) is 7.63. The Balaban J connectivity index is 1.65. The fourth-order valence-corrected chi connectivity index (χ4v) is 2.77. The Hall–Kier alpha value is -3.06. The number of aliphatic hydroxyl groups excluding tert-OH is 1. The van der Waals surface area contributed by atoms with Crippen molar-refractivity contribution in [2.24, 2.45) is 0 Å².